The fraction of sp³-hybridized carbons (Fsp3) is 0.667. The van der Waals surface area contributed by atoms with Crippen molar-refractivity contribution in [3.05, 3.63) is 11.5 Å². The maximum Gasteiger partial charge on any atom is 0.167 e. The van der Waals surface area contributed by atoms with Crippen LogP contribution < -0.4 is 11.5 Å². The molecule has 1 rings (SSSR count). The van der Waals surface area contributed by atoms with Gasteiger partial charge in [0.2, 0.25) is 0 Å². The van der Waals surface area contributed by atoms with E-state index in [4.69, 9.17) is 11.5 Å². The fourth-order valence-corrected chi connectivity index (χ4v) is 3.37. The van der Waals surface area contributed by atoms with E-state index in [9.17, 15) is 4.79 Å². The highest BCUT2D eigenvalue weighted by molar-refractivity contribution is 8.78. The normalized spacial score (nSPS) is 22.6. The third-order valence-electron chi connectivity index (χ3n) is 2.08. The second-order valence-corrected chi connectivity index (χ2v) is 5.55. The van der Waals surface area contributed by atoms with Gasteiger partial charge in [-0.1, -0.05) is 34.1 Å². The highest BCUT2D eigenvalue weighted by Crippen LogP contribution is 2.36. The third kappa shape index (κ3) is 3.65. The van der Waals surface area contributed by atoms with E-state index in [1.165, 1.54) is 0 Å². The quantitative estimate of drug-likeness (QED) is 0.533. The lowest BCUT2D eigenvalue weighted by Crippen LogP contribution is -2.35. The number of nitrogens with two attached hydrogens (primary N) is 2. The lowest BCUT2D eigenvalue weighted by Gasteiger charge is -2.12. The van der Waals surface area contributed by atoms with E-state index in [-0.39, 0.29) is 17.1 Å². The molecule has 0 saturated heterocycles. The van der Waals surface area contributed by atoms with E-state index in [0.717, 1.165) is 19.3 Å². The third-order valence-corrected chi connectivity index (χ3v) is 4.35. The molecule has 0 aromatic rings. The molecule has 14 heavy (non-hydrogen) atoms. The van der Waals surface area contributed by atoms with Crippen LogP contribution in [0.15, 0.2) is 11.5 Å². The summed E-state index contributed by atoms with van der Waals surface area (Å²) in [6.07, 6.45) is 4.56. The van der Waals surface area contributed by atoms with Crippen LogP contribution in [-0.2, 0) is 4.79 Å². The Bertz CT molecular complexity index is 221. The van der Waals surface area contributed by atoms with Crippen molar-refractivity contribution >= 4 is 27.4 Å². The lowest BCUT2D eigenvalue weighted by molar-refractivity contribution is -0.119. The van der Waals surface area contributed by atoms with Crippen molar-refractivity contribution in [1.82, 2.24) is 0 Å². The van der Waals surface area contributed by atoms with Gasteiger partial charge in [0, 0.05) is 0 Å². The molecule has 0 aromatic heterocycles. The van der Waals surface area contributed by atoms with E-state index in [0.29, 0.717) is 6.54 Å². The number of hydrogen-bond donors (Lipinski definition) is 2. The van der Waals surface area contributed by atoms with Crippen molar-refractivity contribution in [2.24, 2.45) is 11.5 Å². The van der Waals surface area contributed by atoms with E-state index in [2.05, 4.69) is 0 Å². The zero-order chi connectivity index (χ0) is 10.4. The molecule has 1 aliphatic rings. The van der Waals surface area contributed by atoms with Crippen molar-refractivity contribution in [3.8, 4) is 0 Å². The van der Waals surface area contributed by atoms with E-state index in [1.807, 2.05) is 11.5 Å². The molecular weight excluding hydrogens is 216 g/mol. The minimum Gasteiger partial charge on any atom is -0.330 e. The topological polar surface area (TPSA) is 69.1 Å². The molecule has 5 heteroatoms. The summed E-state index contributed by atoms with van der Waals surface area (Å²) in [4.78, 5) is 11.7. The summed E-state index contributed by atoms with van der Waals surface area (Å²) in [6, 6.07) is -0.317. The molecule has 2 atom stereocenters. The number of rotatable bonds is 6. The van der Waals surface area contributed by atoms with Gasteiger partial charge in [0.15, 0.2) is 5.78 Å². The van der Waals surface area contributed by atoms with Gasteiger partial charge in [0.1, 0.15) is 0 Å². The highest BCUT2D eigenvalue weighted by Gasteiger charge is 2.24. The van der Waals surface area contributed by atoms with Crippen LogP contribution in [0.5, 0.6) is 0 Å². The predicted molar refractivity (Wildman–Crippen MR) is 64.0 cm³/mol. The molecule has 80 valence electrons. The van der Waals surface area contributed by atoms with Gasteiger partial charge in [0.25, 0.3) is 0 Å². The summed E-state index contributed by atoms with van der Waals surface area (Å²) in [5.41, 5.74) is 11.2. The standard InChI is InChI=1S/C9H16N2OS2/c10-5-2-1-3-7(11)9(12)8-4-6-13-14-8/h4,6-8H,1-3,5,10-11H2/t7-,8?/m0/s1. The first-order valence-corrected chi connectivity index (χ1v) is 7.01. The Balaban J connectivity index is 2.25. The van der Waals surface area contributed by atoms with Crippen LogP contribution in [0.1, 0.15) is 19.3 Å². The predicted octanol–water partition coefficient (Wildman–Crippen LogP) is 1.29. The van der Waals surface area contributed by atoms with Gasteiger partial charge in [-0.15, -0.1) is 0 Å². The van der Waals surface area contributed by atoms with Crippen molar-refractivity contribution < 1.29 is 4.79 Å². The zero-order valence-corrected chi connectivity index (χ0v) is 9.65. The highest BCUT2D eigenvalue weighted by atomic mass is 33.1. The van der Waals surface area contributed by atoms with E-state index in [1.54, 1.807) is 21.6 Å². The summed E-state index contributed by atoms with van der Waals surface area (Å²) >= 11 is 0. The molecule has 0 bridgehead atoms. The Morgan fingerprint density at radius 1 is 1.50 bits per heavy atom. The summed E-state index contributed by atoms with van der Waals surface area (Å²) in [6.45, 7) is 0.675. The van der Waals surface area contributed by atoms with Crippen molar-refractivity contribution in [1.29, 1.82) is 0 Å². The Morgan fingerprint density at radius 2 is 2.29 bits per heavy atom. The van der Waals surface area contributed by atoms with Gasteiger partial charge in [-0.25, -0.2) is 0 Å². The average Bonchev–Trinajstić information content (AvgIpc) is 2.69. The molecule has 1 unspecified atom stereocenters. The van der Waals surface area contributed by atoms with Crippen LogP contribution in [0.2, 0.25) is 0 Å². The minimum absolute atomic E-state index is 0.0344. The average molecular weight is 232 g/mol. The Hall–Kier alpha value is 0.0300. The summed E-state index contributed by atoms with van der Waals surface area (Å²) < 4.78 is 0. The molecule has 0 saturated carbocycles. The maximum absolute atomic E-state index is 11.7. The number of carbonyl (C=O) groups excluding carboxylic acids is 1. The monoisotopic (exact) mass is 232 g/mol. The number of unbranched alkanes of at least 4 members (excludes halogenated alkanes) is 1. The van der Waals surface area contributed by atoms with Crippen LogP contribution >= 0.6 is 21.6 Å². The molecule has 0 aromatic carbocycles. The smallest absolute Gasteiger partial charge is 0.167 e. The molecule has 4 N–H and O–H groups in total. The SMILES string of the molecule is NCCCC[C@H](N)C(=O)C1C=CSS1. The van der Waals surface area contributed by atoms with Crippen molar-refractivity contribution in [2.75, 3.05) is 6.54 Å². The largest absolute Gasteiger partial charge is 0.330 e. The van der Waals surface area contributed by atoms with Gasteiger partial charge in [0.05, 0.1) is 11.3 Å². The van der Waals surface area contributed by atoms with E-state index < -0.39 is 0 Å². The molecule has 0 aliphatic carbocycles. The van der Waals surface area contributed by atoms with Crippen LogP contribution in [0, 0.1) is 0 Å². The molecule has 0 spiro atoms. The van der Waals surface area contributed by atoms with E-state index >= 15 is 0 Å². The molecular formula is C9H16N2OS2. The molecule has 0 amide bonds. The van der Waals surface area contributed by atoms with Crippen molar-refractivity contribution in [3.63, 3.8) is 0 Å². The number of Topliss-reactive ketones (excluding diaryl/α,β-unsaturated/α-hetero) is 1. The second-order valence-electron chi connectivity index (χ2n) is 3.23. The van der Waals surface area contributed by atoms with Crippen LogP contribution in [0.4, 0.5) is 0 Å². The molecule has 1 heterocycles. The first-order valence-electron chi connectivity index (χ1n) is 4.74. The Morgan fingerprint density at radius 3 is 2.86 bits per heavy atom. The van der Waals surface area contributed by atoms with Gasteiger partial charge in [-0.05, 0) is 24.8 Å². The Labute approximate surface area is 92.5 Å². The summed E-state index contributed by atoms with van der Waals surface area (Å²) in [5.74, 6) is 0.147. The maximum atomic E-state index is 11.7. The Kier molecular flexibility index (Phi) is 5.62. The first-order chi connectivity index (χ1) is 6.75. The minimum atomic E-state index is -0.317. The van der Waals surface area contributed by atoms with Crippen molar-refractivity contribution in [2.45, 2.75) is 30.6 Å². The summed E-state index contributed by atoms with van der Waals surface area (Å²) in [7, 11) is 3.17. The number of hydrogen-bond acceptors (Lipinski definition) is 5. The lowest BCUT2D eigenvalue weighted by atomic mass is 10.0. The molecule has 0 fully saturated rings. The van der Waals surface area contributed by atoms with Crippen LogP contribution in [0.25, 0.3) is 0 Å². The summed E-state index contributed by atoms with van der Waals surface area (Å²) in [5, 5.41) is 1.91. The molecule has 0 radical (unpaired) electrons. The van der Waals surface area contributed by atoms with Crippen LogP contribution in [-0.4, -0.2) is 23.6 Å². The van der Waals surface area contributed by atoms with Crippen LogP contribution in [0.3, 0.4) is 0 Å². The first kappa shape index (κ1) is 12.1. The number of carbonyl (C=O) groups is 1. The molecule has 3 nitrogen and oxygen atoms in total. The van der Waals surface area contributed by atoms with Gasteiger partial charge in [-0.3, -0.25) is 4.79 Å². The zero-order valence-electron chi connectivity index (χ0n) is 8.02. The van der Waals surface area contributed by atoms with Gasteiger partial charge in [-0.2, -0.15) is 0 Å². The van der Waals surface area contributed by atoms with Gasteiger partial charge < -0.3 is 11.5 Å². The van der Waals surface area contributed by atoms with Gasteiger partial charge >= 0.3 is 0 Å². The number of ketones is 1. The molecule has 1 aliphatic heterocycles. The fourth-order valence-electron chi connectivity index (χ4n) is 1.23. The second kappa shape index (κ2) is 6.50.